The van der Waals surface area contributed by atoms with Gasteiger partial charge in [-0.15, -0.1) is 0 Å². The smallest absolute Gasteiger partial charge is 0.408 e. The molecule has 0 bridgehead atoms. The van der Waals surface area contributed by atoms with Crippen molar-refractivity contribution in [1.29, 1.82) is 0 Å². The van der Waals surface area contributed by atoms with E-state index in [1.165, 1.54) is 13.8 Å². The molecule has 0 aliphatic rings. The predicted molar refractivity (Wildman–Crippen MR) is 112 cm³/mol. The van der Waals surface area contributed by atoms with Crippen LogP contribution in [0.25, 0.3) is 0 Å². The molecule has 0 aliphatic carbocycles. The van der Waals surface area contributed by atoms with Gasteiger partial charge >= 0.3 is 12.1 Å². The minimum atomic E-state index is -1.71. The Balaban J connectivity index is 3.02. The summed E-state index contributed by atoms with van der Waals surface area (Å²) in [5.74, 6) is -1.36. The van der Waals surface area contributed by atoms with E-state index in [4.69, 9.17) is 9.47 Å². The first-order chi connectivity index (χ1) is 13.8. The Morgan fingerprint density at radius 1 is 1.00 bits per heavy atom. The van der Waals surface area contributed by atoms with Crippen LogP contribution in [0.1, 0.15) is 53.5 Å². The maximum atomic E-state index is 14.2. The van der Waals surface area contributed by atoms with Crippen molar-refractivity contribution in [2.45, 2.75) is 77.7 Å². The number of alkyl halides is 1. The topological polar surface area (TPSA) is 93.7 Å². The Labute approximate surface area is 177 Å². The van der Waals surface area contributed by atoms with Gasteiger partial charge in [-0.3, -0.25) is 4.79 Å². The number of alkyl carbamates (subject to hydrolysis) is 1. The van der Waals surface area contributed by atoms with Gasteiger partial charge in [-0.2, -0.15) is 0 Å². The number of hydrogen-bond donors (Lipinski definition) is 2. The van der Waals surface area contributed by atoms with E-state index in [2.05, 4.69) is 10.6 Å². The van der Waals surface area contributed by atoms with Crippen LogP contribution in [0.2, 0.25) is 0 Å². The quantitative estimate of drug-likeness (QED) is 0.593. The maximum absolute atomic E-state index is 14.2. The van der Waals surface area contributed by atoms with E-state index in [-0.39, 0.29) is 19.4 Å². The second-order valence-corrected chi connectivity index (χ2v) is 8.62. The number of nitrogens with one attached hydrogen (secondary N) is 2. The molecule has 8 heteroatoms. The molecule has 0 aromatic heterocycles. The molecule has 0 aliphatic heterocycles. The van der Waals surface area contributed by atoms with Crippen LogP contribution in [0.4, 0.5) is 9.18 Å². The predicted octanol–water partition coefficient (Wildman–Crippen LogP) is 3.31. The fraction of sp³-hybridized carbons (Fsp3) is 0.591. The summed E-state index contributed by atoms with van der Waals surface area (Å²) in [7, 11) is 0. The van der Waals surface area contributed by atoms with E-state index in [9.17, 15) is 18.8 Å². The summed E-state index contributed by atoms with van der Waals surface area (Å²) >= 11 is 0. The molecule has 0 fully saturated rings. The lowest BCUT2D eigenvalue weighted by atomic mass is 9.99. The number of ether oxygens (including phenoxy) is 2. The van der Waals surface area contributed by atoms with Gasteiger partial charge in [-0.1, -0.05) is 30.3 Å². The zero-order valence-corrected chi connectivity index (χ0v) is 18.6. The molecule has 1 rings (SSSR count). The molecule has 0 heterocycles. The number of amides is 2. The van der Waals surface area contributed by atoms with Crippen LogP contribution < -0.4 is 10.6 Å². The van der Waals surface area contributed by atoms with Gasteiger partial charge in [0, 0.05) is 12.8 Å². The number of carbonyl (C=O) groups excluding carboxylic acids is 3. The van der Waals surface area contributed by atoms with Gasteiger partial charge in [-0.25, -0.2) is 14.0 Å². The van der Waals surface area contributed by atoms with E-state index < -0.39 is 41.3 Å². The molecule has 2 N–H and O–H groups in total. The van der Waals surface area contributed by atoms with Crippen LogP contribution in [-0.2, 0) is 25.5 Å². The molecular weight excluding hydrogens is 391 g/mol. The third-order valence-corrected chi connectivity index (χ3v) is 3.87. The van der Waals surface area contributed by atoms with Crippen LogP contribution in [0.15, 0.2) is 30.3 Å². The number of esters is 1. The monoisotopic (exact) mass is 424 g/mol. The van der Waals surface area contributed by atoms with Crippen molar-refractivity contribution in [2.75, 3.05) is 6.61 Å². The molecule has 7 nitrogen and oxygen atoms in total. The lowest BCUT2D eigenvalue weighted by Gasteiger charge is -2.26. The molecule has 2 atom stereocenters. The van der Waals surface area contributed by atoms with Crippen molar-refractivity contribution < 1.29 is 28.2 Å². The highest BCUT2D eigenvalue weighted by Gasteiger charge is 2.33. The van der Waals surface area contributed by atoms with Gasteiger partial charge in [-0.05, 0) is 47.1 Å². The summed E-state index contributed by atoms with van der Waals surface area (Å²) in [6.07, 6.45) is -0.861. The number of hydrogen-bond acceptors (Lipinski definition) is 5. The Hall–Kier alpha value is -2.64. The summed E-state index contributed by atoms with van der Waals surface area (Å²) in [4.78, 5) is 37.4. The lowest BCUT2D eigenvalue weighted by molar-refractivity contribution is -0.148. The minimum Gasteiger partial charge on any atom is -0.464 e. The number of rotatable bonds is 9. The summed E-state index contributed by atoms with van der Waals surface area (Å²) in [5, 5.41) is 5.06. The highest BCUT2D eigenvalue weighted by Crippen LogP contribution is 2.17. The number of benzene rings is 1. The summed E-state index contributed by atoms with van der Waals surface area (Å²) in [6, 6.07) is 6.86. The highest BCUT2D eigenvalue weighted by molar-refractivity contribution is 5.90. The SMILES string of the molecule is CCOC(=O)C(CC(C)(C)F)NC(=O)C(Cc1ccccc1)NC(=O)OC(C)(C)C. The van der Waals surface area contributed by atoms with Crippen molar-refractivity contribution in [1.82, 2.24) is 10.6 Å². The van der Waals surface area contributed by atoms with Crippen molar-refractivity contribution in [3.63, 3.8) is 0 Å². The van der Waals surface area contributed by atoms with Crippen molar-refractivity contribution >= 4 is 18.0 Å². The third kappa shape index (κ3) is 10.2. The van der Waals surface area contributed by atoms with Gasteiger partial charge in [0.1, 0.15) is 23.4 Å². The maximum Gasteiger partial charge on any atom is 0.408 e. The average Bonchev–Trinajstić information content (AvgIpc) is 2.59. The zero-order chi connectivity index (χ0) is 22.9. The van der Waals surface area contributed by atoms with E-state index in [0.717, 1.165) is 5.56 Å². The highest BCUT2D eigenvalue weighted by atomic mass is 19.1. The molecule has 0 spiro atoms. The Bertz CT molecular complexity index is 710. The van der Waals surface area contributed by atoms with Crippen molar-refractivity contribution in [3.05, 3.63) is 35.9 Å². The normalized spacial score (nSPS) is 13.7. The first-order valence-electron chi connectivity index (χ1n) is 10.00. The van der Waals surface area contributed by atoms with Crippen molar-refractivity contribution in [3.8, 4) is 0 Å². The van der Waals surface area contributed by atoms with Crippen LogP contribution in [0, 0.1) is 0 Å². The molecule has 0 saturated heterocycles. The molecule has 0 radical (unpaired) electrons. The molecule has 2 amide bonds. The first kappa shape index (κ1) is 25.4. The molecule has 0 saturated carbocycles. The third-order valence-electron chi connectivity index (χ3n) is 3.87. The molecule has 2 unspecified atom stereocenters. The lowest BCUT2D eigenvalue weighted by Crippen LogP contribution is -2.54. The molecule has 168 valence electrons. The van der Waals surface area contributed by atoms with Gasteiger partial charge in [0.25, 0.3) is 0 Å². The fourth-order valence-electron chi connectivity index (χ4n) is 2.70. The number of carbonyl (C=O) groups is 3. The van der Waals surface area contributed by atoms with Gasteiger partial charge < -0.3 is 20.1 Å². The summed E-state index contributed by atoms with van der Waals surface area (Å²) in [5.41, 5.74) is -1.66. The van der Waals surface area contributed by atoms with E-state index in [0.29, 0.717) is 0 Å². The van der Waals surface area contributed by atoms with Gasteiger partial charge in [0.15, 0.2) is 0 Å². The first-order valence-corrected chi connectivity index (χ1v) is 10.00. The van der Waals surface area contributed by atoms with E-state index in [1.807, 2.05) is 30.3 Å². The van der Waals surface area contributed by atoms with Crippen LogP contribution in [-0.4, -0.2) is 47.9 Å². The second kappa shape index (κ2) is 10.9. The van der Waals surface area contributed by atoms with Crippen LogP contribution in [0.5, 0.6) is 0 Å². The largest absolute Gasteiger partial charge is 0.464 e. The Morgan fingerprint density at radius 2 is 1.60 bits per heavy atom. The Kier molecular flexibility index (Phi) is 9.26. The van der Waals surface area contributed by atoms with Crippen LogP contribution >= 0.6 is 0 Å². The standard InChI is InChI=1S/C22H33FN2O5/c1-7-29-19(27)17(14-22(5,6)23)24-18(26)16(13-15-11-9-8-10-12-15)25-20(28)30-21(2,3)4/h8-12,16-17H,7,13-14H2,1-6H3,(H,24,26)(H,25,28). The number of halogens is 1. The Morgan fingerprint density at radius 3 is 2.10 bits per heavy atom. The summed E-state index contributed by atoms with van der Waals surface area (Å²) < 4.78 is 24.4. The van der Waals surface area contributed by atoms with E-state index in [1.54, 1.807) is 27.7 Å². The molecule has 30 heavy (non-hydrogen) atoms. The fourth-order valence-corrected chi connectivity index (χ4v) is 2.70. The average molecular weight is 425 g/mol. The molecular formula is C22H33FN2O5. The van der Waals surface area contributed by atoms with Gasteiger partial charge in [0.2, 0.25) is 5.91 Å². The van der Waals surface area contributed by atoms with Crippen molar-refractivity contribution in [2.24, 2.45) is 0 Å². The summed E-state index contributed by atoms with van der Waals surface area (Å²) in [6.45, 7) is 9.47. The molecule has 1 aromatic rings. The minimum absolute atomic E-state index is 0.0987. The van der Waals surface area contributed by atoms with Gasteiger partial charge in [0.05, 0.1) is 6.61 Å². The second-order valence-electron chi connectivity index (χ2n) is 8.62. The van der Waals surface area contributed by atoms with Crippen LogP contribution in [0.3, 0.4) is 0 Å². The zero-order valence-electron chi connectivity index (χ0n) is 18.6. The molecule has 1 aromatic carbocycles. The van der Waals surface area contributed by atoms with E-state index >= 15 is 0 Å².